The molecule has 70 valence electrons. The van der Waals surface area contributed by atoms with Crippen molar-refractivity contribution in [1.82, 2.24) is 0 Å². The first kappa shape index (κ1) is 10.1. The molecule has 3 heteroatoms. The van der Waals surface area contributed by atoms with Gasteiger partial charge in [-0.05, 0) is 35.9 Å². The molecule has 0 N–H and O–H groups in total. The van der Waals surface area contributed by atoms with Crippen molar-refractivity contribution < 1.29 is 9.53 Å². The predicted octanol–water partition coefficient (Wildman–Crippen LogP) is 3.11. The van der Waals surface area contributed by atoms with Crippen molar-refractivity contribution in [3.05, 3.63) is 29.8 Å². The summed E-state index contributed by atoms with van der Waals surface area (Å²) in [5, 5.41) is -0.274. The zero-order valence-electron chi connectivity index (χ0n) is 7.74. The van der Waals surface area contributed by atoms with E-state index in [1.807, 2.05) is 24.3 Å². The lowest BCUT2D eigenvalue weighted by molar-refractivity contribution is 0.200. The Balaban J connectivity index is 2.64. The zero-order valence-corrected chi connectivity index (χ0v) is 8.56. The number of rotatable bonds is 2. The lowest BCUT2D eigenvalue weighted by atomic mass is 10.2. The molecule has 0 radical (unpaired) electrons. The van der Waals surface area contributed by atoms with Gasteiger partial charge in [-0.2, -0.15) is 0 Å². The third kappa shape index (κ3) is 3.11. The fraction of sp³-hybridized carbons (Fsp3) is 0.300. The van der Waals surface area contributed by atoms with Crippen LogP contribution in [-0.4, -0.2) is 12.4 Å². The zero-order chi connectivity index (χ0) is 9.68. The fourth-order valence-corrected chi connectivity index (χ4v) is 1.48. The average molecular weight is 196 g/mol. The van der Waals surface area contributed by atoms with Crippen LogP contribution >= 0.6 is 11.8 Å². The lowest BCUT2D eigenvalue weighted by Gasteiger charge is -2.00. The van der Waals surface area contributed by atoms with E-state index in [-0.39, 0.29) is 5.30 Å². The summed E-state index contributed by atoms with van der Waals surface area (Å²) in [5.41, 5.74) is 1.27. The maximum atomic E-state index is 10.9. The number of hydrogen-bond acceptors (Lipinski definition) is 3. The van der Waals surface area contributed by atoms with Gasteiger partial charge in [0.05, 0.1) is 7.11 Å². The molecule has 1 rings (SSSR count). The van der Waals surface area contributed by atoms with Crippen LogP contribution in [0.2, 0.25) is 0 Å². The molecular weight excluding hydrogens is 184 g/mol. The first-order valence-electron chi connectivity index (χ1n) is 4.11. The molecule has 1 aromatic rings. The molecule has 0 aromatic heterocycles. The number of thioether (sulfide) groups is 1. The minimum absolute atomic E-state index is 0.274. The minimum atomic E-state index is -0.274. The molecule has 0 atom stereocenters. The van der Waals surface area contributed by atoms with Crippen molar-refractivity contribution in [2.45, 2.75) is 18.2 Å². The molecular formula is C10H12O2S. The van der Waals surface area contributed by atoms with Crippen LogP contribution in [0.1, 0.15) is 12.5 Å². The smallest absolute Gasteiger partial charge is 0.371 e. The molecule has 0 aliphatic carbocycles. The Hall–Kier alpha value is -0.960. The highest BCUT2D eigenvalue weighted by Crippen LogP contribution is 2.20. The number of hydrogen-bond donors (Lipinski definition) is 0. The molecule has 2 nitrogen and oxygen atoms in total. The number of benzene rings is 1. The molecule has 0 saturated heterocycles. The van der Waals surface area contributed by atoms with Crippen molar-refractivity contribution in [3.8, 4) is 0 Å². The standard InChI is InChI=1S/C10H12O2S/c1-3-8-4-6-9(7-5-8)13-10(11)12-2/h4-7H,3H2,1-2H3. The van der Waals surface area contributed by atoms with Gasteiger partial charge >= 0.3 is 5.30 Å². The number of carbonyl (C=O) groups excluding carboxylic acids is 1. The predicted molar refractivity (Wildman–Crippen MR) is 54.1 cm³/mol. The number of methoxy groups -OCH3 is 1. The molecule has 0 unspecified atom stereocenters. The van der Waals surface area contributed by atoms with Crippen LogP contribution < -0.4 is 0 Å². The summed E-state index contributed by atoms with van der Waals surface area (Å²) in [5.74, 6) is 0. The van der Waals surface area contributed by atoms with Crippen molar-refractivity contribution >= 4 is 17.1 Å². The van der Waals surface area contributed by atoms with Crippen molar-refractivity contribution in [3.63, 3.8) is 0 Å². The van der Waals surface area contributed by atoms with Crippen molar-refractivity contribution in [2.24, 2.45) is 0 Å². The van der Waals surface area contributed by atoms with Gasteiger partial charge in [-0.3, -0.25) is 0 Å². The second-order valence-corrected chi connectivity index (χ2v) is 3.56. The van der Waals surface area contributed by atoms with Gasteiger partial charge < -0.3 is 4.74 Å². The summed E-state index contributed by atoms with van der Waals surface area (Å²) in [7, 11) is 1.38. The lowest BCUT2D eigenvalue weighted by Crippen LogP contribution is -1.90. The van der Waals surface area contributed by atoms with Gasteiger partial charge in [0.2, 0.25) is 0 Å². The highest BCUT2D eigenvalue weighted by atomic mass is 32.2. The van der Waals surface area contributed by atoms with E-state index in [0.29, 0.717) is 0 Å². The molecule has 0 aliphatic rings. The second kappa shape index (κ2) is 4.92. The van der Waals surface area contributed by atoms with Crippen LogP contribution in [-0.2, 0) is 11.2 Å². The maximum Gasteiger partial charge on any atom is 0.371 e. The van der Waals surface area contributed by atoms with Crippen LogP contribution in [0.5, 0.6) is 0 Å². The summed E-state index contributed by atoms with van der Waals surface area (Å²) in [6, 6.07) is 7.90. The minimum Gasteiger partial charge on any atom is -0.461 e. The molecule has 13 heavy (non-hydrogen) atoms. The molecule has 0 heterocycles. The van der Waals surface area contributed by atoms with Crippen LogP contribution in [0.25, 0.3) is 0 Å². The summed E-state index contributed by atoms with van der Waals surface area (Å²) in [6.45, 7) is 2.10. The average Bonchev–Trinajstić information content (AvgIpc) is 2.19. The third-order valence-electron chi connectivity index (χ3n) is 1.70. The van der Waals surface area contributed by atoms with Crippen LogP contribution in [0.4, 0.5) is 4.79 Å². The maximum absolute atomic E-state index is 10.9. The number of aryl methyl sites for hydroxylation is 1. The van der Waals surface area contributed by atoms with Crippen LogP contribution in [0, 0.1) is 0 Å². The molecule has 0 bridgehead atoms. The van der Waals surface area contributed by atoms with Gasteiger partial charge in [0.15, 0.2) is 0 Å². The van der Waals surface area contributed by atoms with Crippen LogP contribution in [0.3, 0.4) is 0 Å². The molecule has 1 aromatic carbocycles. The molecule has 0 saturated carbocycles. The van der Waals surface area contributed by atoms with Gasteiger partial charge in [-0.25, -0.2) is 4.79 Å². The third-order valence-corrected chi connectivity index (χ3v) is 2.54. The summed E-state index contributed by atoms with van der Waals surface area (Å²) in [6.07, 6.45) is 1.02. The van der Waals surface area contributed by atoms with E-state index in [2.05, 4.69) is 11.7 Å². The van der Waals surface area contributed by atoms with Gasteiger partial charge in [-0.1, -0.05) is 19.1 Å². The summed E-state index contributed by atoms with van der Waals surface area (Å²) in [4.78, 5) is 11.8. The van der Waals surface area contributed by atoms with Crippen molar-refractivity contribution in [2.75, 3.05) is 7.11 Å². The molecule has 0 aliphatic heterocycles. The normalized spacial score (nSPS) is 9.69. The highest BCUT2D eigenvalue weighted by Gasteiger charge is 2.02. The molecule has 0 amide bonds. The van der Waals surface area contributed by atoms with Crippen LogP contribution in [0.15, 0.2) is 29.2 Å². The Bertz CT molecular complexity index is 279. The molecule has 0 fully saturated rings. The summed E-state index contributed by atoms with van der Waals surface area (Å²) < 4.78 is 4.53. The van der Waals surface area contributed by atoms with Gasteiger partial charge in [0, 0.05) is 4.90 Å². The summed E-state index contributed by atoms with van der Waals surface area (Å²) >= 11 is 1.10. The van der Waals surface area contributed by atoms with E-state index in [9.17, 15) is 4.79 Å². The Morgan fingerprint density at radius 2 is 2.00 bits per heavy atom. The topological polar surface area (TPSA) is 26.3 Å². The van der Waals surface area contributed by atoms with Crippen molar-refractivity contribution in [1.29, 1.82) is 0 Å². The molecule has 0 spiro atoms. The first-order valence-corrected chi connectivity index (χ1v) is 4.92. The Labute approximate surface area is 82.3 Å². The van der Waals surface area contributed by atoms with Gasteiger partial charge in [0.1, 0.15) is 0 Å². The van der Waals surface area contributed by atoms with E-state index < -0.39 is 0 Å². The van der Waals surface area contributed by atoms with E-state index in [1.165, 1.54) is 12.7 Å². The van der Waals surface area contributed by atoms with E-state index in [0.717, 1.165) is 23.1 Å². The highest BCUT2D eigenvalue weighted by molar-refractivity contribution is 8.13. The number of carbonyl (C=O) groups is 1. The quantitative estimate of drug-likeness (QED) is 0.537. The first-order chi connectivity index (χ1) is 6.26. The van der Waals surface area contributed by atoms with Gasteiger partial charge in [-0.15, -0.1) is 0 Å². The SMILES string of the molecule is CCc1ccc(SC(=O)OC)cc1. The fourth-order valence-electron chi connectivity index (χ4n) is 0.931. The van der Waals surface area contributed by atoms with Gasteiger partial charge in [0.25, 0.3) is 0 Å². The Kier molecular flexibility index (Phi) is 3.83. The Morgan fingerprint density at radius 1 is 1.38 bits per heavy atom. The second-order valence-electron chi connectivity index (χ2n) is 2.55. The Morgan fingerprint density at radius 3 is 2.46 bits per heavy atom. The van der Waals surface area contributed by atoms with E-state index in [1.54, 1.807) is 0 Å². The van der Waals surface area contributed by atoms with E-state index >= 15 is 0 Å². The van der Waals surface area contributed by atoms with E-state index in [4.69, 9.17) is 0 Å². The number of ether oxygens (including phenoxy) is 1. The monoisotopic (exact) mass is 196 g/mol. The largest absolute Gasteiger partial charge is 0.461 e.